The van der Waals surface area contributed by atoms with E-state index < -0.39 is 0 Å². The van der Waals surface area contributed by atoms with Crippen LogP contribution in [0.15, 0.2) is 6.20 Å². The number of hydrogen-bond acceptors (Lipinski definition) is 3. The average Bonchev–Trinajstić information content (AvgIpc) is 3.00. The standard InChI is InChI=1S/C11H18N4O/c1-3-6-15(8-4-5-8)11(16)10-9(12)7-14(2)13-10/h7-8H,3-6,12H2,1-2H3. The highest BCUT2D eigenvalue weighted by Gasteiger charge is 2.34. The van der Waals surface area contributed by atoms with Crippen LogP contribution >= 0.6 is 0 Å². The van der Waals surface area contributed by atoms with Gasteiger partial charge in [-0.05, 0) is 19.3 Å². The van der Waals surface area contributed by atoms with Gasteiger partial charge < -0.3 is 10.6 Å². The number of carbonyl (C=O) groups excluding carboxylic acids is 1. The maximum absolute atomic E-state index is 12.2. The largest absolute Gasteiger partial charge is 0.396 e. The Morgan fingerprint density at radius 3 is 2.81 bits per heavy atom. The molecule has 1 saturated carbocycles. The molecular formula is C11H18N4O. The summed E-state index contributed by atoms with van der Waals surface area (Å²) >= 11 is 0. The molecular weight excluding hydrogens is 204 g/mol. The first kappa shape index (κ1) is 11.0. The van der Waals surface area contributed by atoms with Gasteiger partial charge >= 0.3 is 0 Å². The van der Waals surface area contributed by atoms with Gasteiger partial charge in [0.1, 0.15) is 0 Å². The normalized spacial score (nSPS) is 15.1. The molecule has 1 fully saturated rings. The summed E-state index contributed by atoms with van der Waals surface area (Å²) < 4.78 is 1.58. The van der Waals surface area contributed by atoms with Crippen LogP contribution in [0.5, 0.6) is 0 Å². The Hall–Kier alpha value is -1.52. The molecule has 0 radical (unpaired) electrons. The summed E-state index contributed by atoms with van der Waals surface area (Å²) in [7, 11) is 1.77. The van der Waals surface area contributed by atoms with Gasteiger partial charge in [0.25, 0.3) is 5.91 Å². The van der Waals surface area contributed by atoms with Crippen molar-refractivity contribution < 1.29 is 4.79 Å². The van der Waals surface area contributed by atoms with Crippen molar-refractivity contribution >= 4 is 11.6 Å². The van der Waals surface area contributed by atoms with Gasteiger partial charge in [0.15, 0.2) is 5.69 Å². The molecule has 0 saturated heterocycles. The van der Waals surface area contributed by atoms with Crippen molar-refractivity contribution in [2.75, 3.05) is 12.3 Å². The van der Waals surface area contributed by atoms with Gasteiger partial charge in [-0.15, -0.1) is 0 Å². The van der Waals surface area contributed by atoms with Crippen molar-refractivity contribution in [2.45, 2.75) is 32.2 Å². The van der Waals surface area contributed by atoms with Crippen molar-refractivity contribution in [3.8, 4) is 0 Å². The molecule has 5 nitrogen and oxygen atoms in total. The van der Waals surface area contributed by atoms with E-state index >= 15 is 0 Å². The number of aromatic nitrogens is 2. The second-order valence-electron chi connectivity index (χ2n) is 4.34. The third kappa shape index (κ3) is 2.03. The fraction of sp³-hybridized carbons (Fsp3) is 0.636. The highest BCUT2D eigenvalue weighted by molar-refractivity contribution is 5.97. The van der Waals surface area contributed by atoms with E-state index in [9.17, 15) is 4.79 Å². The van der Waals surface area contributed by atoms with Crippen LogP contribution in [0, 0.1) is 0 Å². The molecule has 0 atom stereocenters. The minimum Gasteiger partial charge on any atom is -0.396 e. The average molecular weight is 222 g/mol. The number of carbonyl (C=O) groups is 1. The maximum Gasteiger partial charge on any atom is 0.276 e. The van der Waals surface area contributed by atoms with Gasteiger partial charge in [-0.2, -0.15) is 5.10 Å². The van der Waals surface area contributed by atoms with E-state index in [1.807, 2.05) is 4.90 Å². The predicted octanol–water partition coefficient (Wildman–Crippen LogP) is 1.02. The summed E-state index contributed by atoms with van der Waals surface area (Å²) in [5.41, 5.74) is 6.62. The molecule has 1 aromatic heterocycles. The lowest BCUT2D eigenvalue weighted by Gasteiger charge is -2.20. The van der Waals surface area contributed by atoms with Crippen LogP contribution in [0.2, 0.25) is 0 Å². The summed E-state index contributed by atoms with van der Waals surface area (Å²) in [6, 6.07) is 0.411. The summed E-state index contributed by atoms with van der Waals surface area (Å²) in [4.78, 5) is 14.1. The summed E-state index contributed by atoms with van der Waals surface area (Å²) in [6.07, 6.45) is 4.86. The highest BCUT2D eigenvalue weighted by atomic mass is 16.2. The lowest BCUT2D eigenvalue weighted by atomic mass is 10.3. The number of anilines is 1. The fourth-order valence-electron chi connectivity index (χ4n) is 1.89. The minimum atomic E-state index is -0.0255. The van der Waals surface area contributed by atoms with Gasteiger partial charge in [0.05, 0.1) is 5.69 Å². The van der Waals surface area contributed by atoms with Crippen molar-refractivity contribution in [3.05, 3.63) is 11.9 Å². The van der Waals surface area contributed by atoms with Crippen molar-refractivity contribution in [2.24, 2.45) is 7.05 Å². The Morgan fingerprint density at radius 1 is 1.69 bits per heavy atom. The number of nitrogen functional groups attached to an aromatic ring is 1. The predicted molar refractivity (Wildman–Crippen MR) is 62.0 cm³/mol. The van der Waals surface area contributed by atoms with Crippen molar-refractivity contribution in [3.63, 3.8) is 0 Å². The Balaban J connectivity index is 2.18. The number of aryl methyl sites for hydroxylation is 1. The monoisotopic (exact) mass is 222 g/mol. The van der Waals surface area contributed by atoms with Crippen LogP contribution in [0.4, 0.5) is 5.69 Å². The number of nitrogens with zero attached hydrogens (tertiary/aromatic N) is 3. The second kappa shape index (κ2) is 4.15. The summed E-state index contributed by atoms with van der Waals surface area (Å²) in [6.45, 7) is 2.87. The third-order valence-corrected chi connectivity index (χ3v) is 2.77. The molecule has 1 amide bonds. The molecule has 88 valence electrons. The number of amides is 1. The quantitative estimate of drug-likeness (QED) is 0.827. The van der Waals surface area contributed by atoms with Crippen LogP contribution in [-0.4, -0.2) is 33.2 Å². The van der Waals surface area contributed by atoms with Gasteiger partial charge in [-0.25, -0.2) is 0 Å². The molecule has 0 aliphatic heterocycles. The molecule has 5 heteroatoms. The Morgan fingerprint density at radius 2 is 2.38 bits per heavy atom. The van der Waals surface area contributed by atoms with Gasteiger partial charge in [0, 0.05) is 25.8 Å². The molecule has 1 heterocycles. The van der Waals surface area contributed by atoms with E-state index in [0.29, 0.717) is 17.4 Å². The molecule has 1 aliphatic carbocycles. The van der Waals surface area contributed by atoms with Crippen LogP contribution in [0.25, 0.3) is 0 Å². The zero-order valence-corrected chi connectivity index (χ0v) is 9.81. The SMILES string of the molecule is CCCN(C(=O)c1nn(C)cc1N)C1CC1. The fourth-order valence-corrected chi connectivity index (χ4v) is 1.89. The third-order valence-electron chi connectivity index (χ3n) is 2.77. The topological polar surface area (TPSA) is 64.2 Å². The van der Waals surface area contributed by atoms with E-state index in [0.717, 1.165) is 25.8 Å². The lowest BCUT2D eigenvalue weighted by Crippen LogP contribution is -2.34. The van der Waals surface area contributed by atoms with E-state index in [1.165, 1.54) is 0 Å². The molecule has 1 aliphatic rings. The Bertz CT molecular complexity index is 395. The second-order valence-corrected chi connectivity index (χ2v) is 4.34. The zero-order valence-electron chi connectivity index (χ0n) is 9.81. The maximum atomic E-state index is 12.2. The molecule has 0 spiro atoms. The molecule has 0 unspecified atom stereocenters. The van der Waals surface area contributed by atoms with E-state index in [1.54, 1.807) is 17.9 Å². The summed E-state index contributed by atoms with van der Waals surface area (Å²) in [5.74, 6) is -0.0255. The number of hydrogen-bond donors (Lipinski definition) is 1. The number of nitrogens with two attached hydrogens (primary N) is 1. The van der Waals surface area contributed by atoms with Crippen molar-refractivity contribution in [1.29, 1.82) is 0 Å². The smallest absolute Gasteiger partial charge is 0.276 e. The first-order chi connectivity index (χ1) is 7.63. The van der Waals surface area contributed by atoms with Crippen molar-refractivity contribution in [1.82, 2.24) is 14.7 Å². The lowest BCUT2D eigenvalue weighted by molar-refractivity contribution is 0.0737. The van der Waals surface area contributed by atoms with E-state index in [4.69, 9.17) is 5.73 Å². The van der Waals surface area contributed by atoms with Crippen LogP contribution in [-0.2, 0) is 7.05 Å². The molecule has 0 aromatic carbocycles. The van der Waals surface area contributed by atoms with Gasteiger partial charge in [0.2, 0.25) is 0 Å². The minimum absolute atomic E-state index is 0.0255. The first-order valence-corrected chi connectivity index (χ1v) is 5.73. The van der Waals surface area contributed by atoms with Crippen LogP contribution in [0.3, 0.4) is 0 Å². The molecule has 0 bridgehead atoms. The molecule has 16 heavy (non-hydrogen) atoms. The van der Waals surface area contributed by atoms with Gasteiger partial charge in [-0.1, -0.05) is 6.92 Å². The van der Waals surface area contributed by atoms with E-state index in [-0.39, 0.29) is 5.91 Å². The highest BCUT2D eigenvalue weighted by Crippen LogP contribution is 2.28. The van der Waals surface area contributed by atoms with Crippen LogP contribution < -0.4 is 5.73 Å². The molecule has 1 aromatic rings. The van der Waals surface area contributed by atoms with Crippen LogP contribution in [0.1, 0.15) is 36.7 Å². The summed E-state index contributed by atoms with van der Waals surface area (Å²) in [5, 5.41) is 4.12. The van der Waals surface area contributed by atoms with Gasteiger partial charge in [-0.3, -0.25) is 9.48 Å². The first-order valence-electron chi connectivity index (χ1n) is 5.73. The van der Waals surface area contributed by atoms with E-state index in [2.05, 4.69) is 12.0 Å². The number of rotatable bonds is 4. The Kier molecular flexibility index (Phi) is 2.85. The molecule has 2 rings (SSSR count). The Labute approximate surface area is 95.2 Å². The zero-order chi connectivity index (χ0) is 11.7. The molecule has 2 N–H and O–H groups in total.